The van der Waals surface area contributed by atoms with Crippen LogP contribution in [0.1, 0.15) is 12.0 Å². The molecule has 10 heteroatoms. The number of aromatic nitrogens is 1. The van der Waals surface area contributed by atoms with Gasteiger partial charge in [0.15, 0.2) is 0 Å². The van der Waals surface area contributed by atoms with Crippen molar-refractivity contribution in [1.29, 1.82) is 0 Å². The van der Waals surface area contributed by atoms with Crippen LogP contribution >= 0.6 is 10.7 Å². The van der Waals surface area contributed by atoms with Gasteiger partial charge in [0.2, 0.25) is 20.8 Å². The molecule has 0 N–H and O–H groups in total. The molecular formula is C10H10ClN3O5S. The predicted molar refractivity (Wildman–Crippen MR) is 71.2 cm³/mol. The van der Waals surface area contributed by atoms with Gasteiger partial charge in [-0.1, -0.05) is 0 Å². The average molecular weight is 320 g/mol. The van der Waals surface area contributed by atoms with Gasteiger partial charge in [-0.05, 0) is 12.5 Å². The minimum absolute atomic E-state index is 0.159. The molecule has 0 saturated carbocycles. The van der Waals surface area contributed by atoms with Gasteiger partial charge in [0.1, 0.15) is 5.25 Å². The summed E-state index contributed by atoms with van der Waals surface area (Å²) in [6, 6.07) is 1.28. The zero-order valence-corrected chi connectivity index (χ0v) is 11.9. The van der Waals surface area contributed by atoms with Crippen LogP contribution in [-0.4, -0.2) is 36.0 Å². The van der Waals surface area contributed by atoms with Gasteiger partial charge in [-0.2, -0.15) is 0 Å². The molecule has 0 aromatic carbocycles. The van der Waals surface area contributed by atoms with E-state index in [1.165, 1.54) is 12.3 Å². The van der Waals surface area contributed by atoms with Gasteiger partial charge >= 0.3 is 5.69 Å². The third-order valence-electron chi connectivity index (χ3n) is 2.92. The van der Waals surface area contributed by atoms with Gasteiger partial charge in [0, 0.05) is 35.9 Å². The molecule has 8 nitrogen and oxygen atoms in total. The quantitative estimate of drug-likeness (QED) is 0.466. The fourth-order valence-corrected chi connectivity index (χ4v) is 2.98. The zero-order chi connectivity index (χ0) is 15.1. The van der Waals surface area contributed by atoms with Crippen molar-refractivity contribution in [3.05, 3.63) is 27.9 Å². The Hall–Kier alpha value is -1.74. The van der Waals surface area contributed by atoms with Crippen molar-refractivity contribution in [2.45, 2.75) is 18.6 Å². The van der Waals surface area contributed by atoms with Crippen molar-refractivity contribution >= 4 is 37.1 Å². The Morgan fingerprint density at radius 1 is 1.55 bits per heavy atom. The molecule has 2 heterocycles. The second kappa shape index (κ2) is 4.98. The van der Waals surface area contributed by atoms with Gasteiger partial charge in [-0.15, -0.1) is 0 Å². The van der Waals surface area contributed by atoms with Crippen LogP contribution in [0, 0.1) is 17.0 Å². The Morgan fingerprint density at radius 2 is 2.20 bits per heavy atom. The molecule has 0 aliphatic carbocycles. The van der Waals surface area contributed by atoms with Gasteiger partial charge < -0.3 is 0 Å². The van der Waals surface area contributed by atoms with E-state index < -0.39 is 25.1 Å². The highest BCUT2D eigenvalue weighted by Crippen LogP contribution is 2.32. The van der Waals surface area contributed by atoms with E-state index >= 15 is 0 Å². The van der Waals surface area contributed by atoms with E-state index in [4.69, 9.17) is 10.7 Å². The number of rotatable bonds is 3. The number of pyridine rings is 1. The Bertz CT molecular complexity index is 690. The maximum absolute atomic E-state index is 11.8. The first kappa shape index (κ1) is 14.7. The Kier molecular flexibility index (Phi) is 3.65. The number of amides is 1. The third-order valence-corrected chi connectivity index (χ3v) is 4.79. The highest BCUT2D eigenvalue weighted by Gasteiger charge is 2.40. The van der Waals surface area contributed by atoms with E-state index in [0.717, 1.165) is 4.90 Å². The molecule has 108 valence electrons. The van der Waals surface area contributed by atoms with Crippen molar-refractivity contribution in [3.63, 3.8) is 0 Å². The van der Waals surface area contributed by atoms with Gasteiger partial charge in [-0.25, -0.2) is 13.4 Å². The van der Waals surface area contributed by atoms with Crippen molar-refractivity contribution < 1.29 is 18.1 Å². The Morgan fingerprint density at radius 3 is 2.70 bits per heavy atom. The van der Waals surface area contributed by atoms with E-state index in [9.17, 15) is 23.3 Å². The molecule has 1 aliphatic heterocycles. The molecular weight excluding hydrogens is 310 g/mol. The number of aryl methyl sites for hydroxylation is 1. The summed E-state index contributed by atoms with van der Waals surface area (Å²) in [5, 5.41) is 9.92. The minimum atomic E-state index is -3.91. The number of nitrogens with zero attached hydrogens (tertiary/aromatic N) is 3. The molecule has 1 aromatic heterocycles. The maximum atomic E-state index is 11.8. The van der Waals surface area contributed by atoms with Crippen molar-refractivity contribution in [2.24, 2.45) is 0 Å². The molecule has 2 rings (SSSR count). The molecule has 20 heavy (non-hydrogen) atoms. The van der Waals surface area contributed by atoms with E-state index in [1.807, 2.05) is 0 Å². The number of nitro groups is 1. The molecule has 1 aliphatic rings. The second-order valence-corrected chi connectivity index (χ2v) is 7.33. The SMILES string of the molecule is Cc1cnc(N2CC(S(=O)(=O)Cl)CC2=O)c([N+](=O)[O-])c1. The molecule has 1 atom stereocenters. The van der Waals surface area contributed by atoms with Crippen molar-refractivity contribution in [1.82, 2.24) is 4.98 Å². The summed E-state index contributed by atoms with van der Waals surface area (Å²) in [5.41, 5.74) is 0.222. The van der Waals surface area contributed by atoms with Crippen LogP contribution in [0.15, 0.2) is 12.3 Å². The lowest BCUT2D eigenvalue weighted by atomic mass is 10.2. The number of carbonyl (C=O) groups excluding carboxylic acids is 1. The normalized spacial score (nSPS) is 19.4. The van der Waals surface area contributed by atoms with Crippen LogP contribution in [0.25, 0.3) is 0 Å². The second-order valence-electron chi connectivity index (χ2n) is 4.42. The molecule has 1 unspecified atom stereocenters. The number of halogens is 1. The maximum Gasteiger partial charge on any atom is 0.312 e. The van der Waals surface area contributed by atoms with Crippen LogP contribution in [0.5, 0.6) is 0 Å². The van der Waals surface area contributed by atoms with Gasteiger partial charge in [-0.3, -0.25) is 19.8 Å². The summed E-state index contributed by atoms with van der Waals surface area (Å²) in [4.78, 5) is 27.0. The van der Waals surface area contributed by atoms with E-state index in [1.54, 1.807) is 6.92 Å². The minimum Gasteiger partial charge on any atom is -0.290 e. The summed E-state index contributed by atoms with van der Waals surface area (Å²) >= 11 is 0. The van der Waals surface area contributed by atoms with E-state index in [0.29, 0.717) is 5.56 Å². The average Bonchev–Trinajstić information content (AvgIpc) is 2.71. The van der Waals surface area contributed by atoms with Crippen LogP contribution < -0.4 is 4.90 Å². The first-order chi connectivity index (χ1) is 9.20. The smallest absolute Gasteiger partial charge is 0.290 e. The van der Waals surface area contributed by atoms with Crippen LogP contribution in [0.3, 0.4) is 0 Å². The molecule has 0 radical (unpaired) electrons. The van der Waals surface area contributed by atoms with Crippen LogP contribution in [0.4, 0.5) is 11.5 Å². The van der Waals surface area contributed by atoms with Crippen LogP contribution in [0.2, 0.25) is 0 Å². The molecule has 0 bridgehead atoms. The summed E-state index contributed by atoms with van der Waals surface area (Å²) in [6.07, 6.45) is 1.07. The van der Waals surface area contributed by atoms with Crippen molar-refractivity contribution in [3.8, 4) is 0 Å². The lowest BCUT2D eigenvalue weighted by Crippen LogP contribution is -2.28. The predicted octanol–water partition coefficient (Wildman–Crippen LogP) is 0.972. The number of hydrogen-bond acceptors (Lipinski definition) is 6. The lowest BCUT2D eigenvalue weighted by Gasteiger charge is -2.15. The topological polar surface area (TPSA) is 110 Å². The Balaban J connectivity index is 2.43. The molecule has 1 aromatic rings. The van der Waals surface area contributed by atoms with Crippen LogP contribution in [-0.2, 0) is 13.8 Å². The third kappa shape index (κ3) is 2.73. The zero-order valence-electron chi connectivity index (χ0n) is 10.3. The molecule has 0 spiro atoms. The fourth-order valence-electron chi connectivity index (χ4n) is 1.96. The standard InChI is InChI=1S/C10H10ClN3O5S/c1-6-2-8(14(16)17)10(12-4-6)13-5-7(3-9(13)15)20(11,18)19/h2,4,7H,3,5H2,1H3. The summed E-state index contributed by atoms with van der Waals surface area (Å²) in [7, 11) is 1.32. The molecule has 1 saturated heterocycles. The first-order valence-electron chi connectivity index (χ1n) is 5.55. The molecule has 1 amide bonds. The van der Waals surface area contributed by atoms with Gasteiger partial charge in [0.05, 0.1) is 4.92 Å². The van der Waals surface area contributed by atoms with Crippen molar-refractivity contribution in [2.75, 3.05) is 11.4 Å². The number of anilines is 1. The monoisotopic (exact) mass is 319 g/mol. The fraction of sp³-hybridized carbons (Fsp3) is 0.400. The van der Waals surface area contributed by atoms with Gasteiger partial charge in [0.25, 0.3) is 0 Å². The highest BCUT2D eigenvalue weighted by molar-refractivity contribution is 8.14. The Labute approximate surface area is 118 Å². The summed E-state index contributed by atoms with van der Waals surface area (Å²) in [5.74, 6) is -0.716. The first-order valence-corrected chi connectivity index (χ1v) is 7.92. The number of hydrogen-bond donors (Lipinski definition) is 0. The lowest BCUT2D eigenvalue weighted by molar-refractivity contribution is -0.384. The van der Waals surface area contributed by atoms with E-state index in [2.05, 4.69) is 4.98 Å². The molecule has 1 fully saturated rings. The highest BCUT2D eigenvalue weighted by atomic mass is 35.7. The summed E-state index contributed by atoms with van der Waals surface area (Å²) < 4.78 is 22.5. The summed E-state index contributed by atoms with van der Waals surface area (Å²) in [6.45, 7) is 1.39. The number of carbonyl (C=O) groups is 1. The van der Waals surface area contributed by atoms with E-state index in [-0.39, 0.29) is 24.5 Å². The largest absolute Gasteiger partial charge is 0.312 e.